The Morgan fingerprint density at radius 3 is 1.49 bits per heavy atom. The number of hydrogen-bond donors (Lipinski definition) is 3. The molecular formula is C57H61LiN6O9. The zero-order valence-electron chi connectivity index (χ0n) is 42.0. The Bertz CT molecular complexity index is 3100. The second-order valence-electron chi connectivity index (χ2n) is 19.7. The van der Waals surface area contributed by atoms with Crippen LogP contribution in [0, 0.1) is 37.5 Å². The van der Waals surface area contributed by atoms with Gasteiger partial charge in [0.1, 0.15) is 0 Å². The molecule has 374 valence electrons. The van der Waals surface area contributed by atoms with E-state index < -0.39 is 17.8 Å². The van der Waals surface area contributed by atoms with Gasteiger partial charge in [-0.05, 0) is 144 Å². The molecule has 2 fully saturated rings. The zero-order chi connectivity index (χ0) is 49.8. The number of carboxylic acid groups (broad SMARTS) is 1. The molecule has 4 heterocycles. The van der Waals surface area contributed by atoms with Gasteiger partial charge in [-0.2, -0.15) is 10.2 Å². The van der Waals surface area contributed by atoms with Crippen LogP contribution >= 0.6 is 0 Å². The van der Waals surface area contributed by atoms with Gasteiger partial charge < -0.3 is 25.1 Å². The van der Waals surface area contributed by atoms with Crippen LogP contribution in [0.3, 0.4) is 0 Å². The van der Waals surface area contributed by atoms with Crippen molar-refractivity contribution in [1.29, 1.82) is 0 Å². The largest absolute Gasteiger partial charge is 1.00 e. The molecule has 4 N–H and O–H groups in total. The second kappa shape index (κ2) is 23.7. The Hall–Kier alpha value is -6.92. The number of hydrogen-bond acceptors (Lipinski definition) is 10. The maximum Gasteiger partial charge on any atom is 1.00 e. The molecule has 2 aliphatic carbocycles. The summed E-state index contributed by atoms with van der Waals surface area (Å²) in [6.45, 7) is 6.22. The molecule has 16 heteroatoms. The molecule has 15 nitrogen and oxygen atoms in total. The first kappa shape index (κ1) is 53.9. The molecule has 0 spiro atoms. The first-order chi connectivity index (χ1) is 34.3. The Balaban J connectivity index is 0.000000208. The number of ether oxygens (including phenoxy) is 1. The number of aryl methyl sites for hydroxylation is 2. The van der Waals surface area contributed by atoms with Crippen LogP contribution in [0.1, 0.15) is 83.0 Å². The maximum absolute atomic E-state index is 13.2. The first-order valence-corrected chi connectivity index (χ1v) is 24.7. The summed E-state index contributed by atoms with van der Waals surface area (Å²) in [5.41, 5.74) is 12.0. The summed E-state index contributed by atoms with van der Waals surface area (Å²) in [5.74, 6) is -2.19. The number of H-pyrrole nitrogens is 2. The minimum Gasteiger partial charge on any atom is -0.870 e. The molecule has 2 aliphatic heterocycles. The topological polar surface area (TPSA) is 226 Å². The van der Waals surface area contributed by atoms with E-state index >= 15 is 0 Å². The van der Waals surface area contributed by atoms with Crippen LogP contribution in [0.5, 0.6) is 0 Å². The number of amides is 2. The number of carbonyl (C=O) groups is 6. The number of allylic oxidation sites excluding steroid dienone is 2. The molecule has 0 unspecified atom stereocenters. The molecule has 6 aromatic rings. The minimum atomic E-state index is -0.963. The Morgan fingerprint density at radius 2 is 1.07 bits per heavy atom. The van der Waals surface area contributed by atoms with Gasteiger partial charge in [-0.25, -0.2) is 0 Å². The van der Waals surface area contributed by atoms with Gasteiger partial charge in [0.2, 0.25) is 11.8 Å². The van der Waals surface area contributed by atoms with E-state index in [-0.39, 0.29) is 78.4 Å². The van der Waals surface area contributed by atoms with Crippen molar-refractivity contribution >= 4 is 69.3 Å². The number of rotatable bonds is 12. The number of nitrogens with zero attached hydrogens (tertiary/aromatic N) is 4. The van der Waals surface area contributed by atoms with Crippen molar-refractivity contribution in [2.75, 3.05) is 33.3 Å². The van der Waals surface area contributed by atoms with E-state index in [1.807, 2.05) is 97.6 Å². The van der Waals surface area contributed by atoms with Crippen molar-refractivity contribution in [2.45, 2.75) is 78.1 Å². The van der Waals surface area contributed by atoms with Crippen LogP contribution in [-0.4, -0.2) is 109 Å². The molecule has 10 rings (SSSR count). The number of nitrogens with one attached hydrogen (secondary N) is 2. The Morgan fingerprint density at radius 1 is 0.658 bits per heavy atom. The predicted molar refractivity (Wildman–Crippen MR) is 272 cm³/mol. The third-order valence-corrected chi connectivity index (χ3v) is 15.0. The van der Waals surface area contributed by atoms with E-state index in [9.17, 15) is 33.9 Å². The summed E-state index contributed by atoms with van der Waals surface area (Å²) in [4.78, 5) is 79.9. The molecule has 0 radical (unpaired) electrons. The summed E-state index contributed by atoms with van der Waals surface area (Å²) in [6, 6.07) is 23.9. The van der Waals surface area contributed by atoms with Crippen LogP contribution in [-0.2, 0) is 59.2 Å². The number of Topliss-reactive ketones (excluding diaryl/α,β-unsaturated/α-hetero) is 2. The number of likely N-dealkylation sites (tertiary alicyclic amines) is 2. The van der Waals surface area contributed by atoms with Crippen molar-refractivity contribution in [2.24, 2.45) is 23.7 Å². The van der Waals surface area contributed by atoms with Gasteiger partial charge in [-0.1, -0.05) is 60.7 Å². The number of aliphatic carboxylic acids is 1. The third-order valence-electron chi connectivity index (χ3n) is 15.0. The summed E-state index contributed by atoms with van der Waals surface area (Å²) >= 11 is 0. The number of ketones is 2. The van der Waals surface area contributed by atoms with E-state index in [2.05, 4.69) is 26.5 Å². The van der Waals surface area contributed by atoms with Crippen LogP contribution < -0.4 is 18.9 Å². The number of carboxylic acids is 1. The standard InChI is InChI=1S/C29H31N3O4.C28H29N3O4.Li.H2O/c1-18-11-19(13-24-17-30-31-28(18)24)12-23(29(35)36-2)16-27(34)32-9-7-20(8-10-32)25-14-21-5-3-4-6-22(21)15-26(25)33;1-17-10-18(12-23-16-29-30-27(17)23)11-22(28(34)35)15-26(33)31-8-6-19(7-9-31)24-13-20-4-2-3-5-21(20)14-25(24)32;;/h3-6,11,13-14,17,20,23H,7-10,12,15-16H2,1-2H3,(H,30,31);2-5,10,12-13,16,19,22H,6-9,11,14-15H2,1H3,(H,29,30)(H,34,35);;1H2/q;;+1;/p-1/t23-;22-;;/m00../s1. The molecule has 0 saturated carbocycles. The minimum absolute atomic E-state index is 0. The van der Waals surface area contributed by atoms with E-state index in [4.69, 9.17) is 4.74 Å². The number of methoxy groups -OCH3 is 1. The molecule has 2 aromatic heterocycles. The average Bonchev–Trinajstić information content (AvgIpc) is 4.07. The van der Waals surface area contributed by atoms with Gasteiger partial charge in [-0.15, -0.1) is 0 Å². The number of benzene rings is 4. The normalized spacial score (nSPS) is 16.6. The van der Waals surface area contributed by atoms with Crippen molar-refractivity contribution in [3.63, 3.8) is 0 Å². The van der Waals surface area contributed by atoms with Gasteiger partial charge >= 0.3 is 30.8 Å². The van der Waals surface area contributed by atoms with E-state index in [1.165, 1.54) is 7.11 Å². The monoisotopic (exact) mass is 980 g/mol. The molecule has 0 bridgehead atoms. The molecule has 2 atom stereocenters. The fourth-order valence-electron chi connectivity index (χ4n) is 11.1. The molecule has 4 aromatic carbocycles. The number of esters is 1. The summed E-state index contributed by atoms with van der Waals surface area (Å²) in [5, 5.41) is 25.8. The maximum atomic E-state index is 13.2. The first-order valence-electron chi connectivity index (χ1n) is 24.7. The fourth-order valence-corrected chi connectivity index (χ4v) is 11.1. The van der Waals surface area contributed by atoms with Gasteiger partial charge in [0.15, 0.2) is 11.6 Å². The SMILES string of the molecule is COC(=O)[C@H](CC(=O)N1CCC(C2=Cc3ccccc3CC2=O)CC1)Cc1cc(C)c2[nH]ncc2c1.Cc1cc(C[C@@H](CC(=O)N2CCC(C3=Cc4ccccc4CC3=O)CC2)C(=O)O)cc2cn[nH]c12.[Li+].[OH-]. The van der Waals surface area contributed by atoms with Crippen LogP contribution in [0.15, 0.2) is 96.3 Å². The van der Waals surface area contributed by atoms with Gasteiger partial charge in [0.05, 0.1) is 42.4 Å². The zero-order valence-corrected chi connectivity index (χ0v) is 42.0. The predicted octanol–water partition coefficient (Wildman–Crippen LogP) is 4.82. The van der Waals surface area contributed by atoms with E-state index in [1.54, 1.807) is 17.3 Å². The van der Waals surface area contributed by atoms with Crippen LogP contribution in [0.25, 0.3) is 34.0 Å². The number of aromatic amines is 2. The second-order valence-corrected chi connectivity index (χ2v) is 19.7. The Labute approximate surface area is 436 Å². The number of piperidine rings is 2. The average molecular weight is 981 g/mol. The van der Waals surface area contributed by atoms with Gasteiger partial charge in [0, 0.05) is 62.6 Å². The molecular weight excluding hydrogens is 920 g/mol. The van der Waals surface area contributed by atoms with Crippen LogP contribution in [0.4, 0.5) is 0 Å². The third kappa shape index (κ3) is 12.3. The number of carbonyl (C=O) groups excluding carboxylic acids is 5. The van der Waals surface area contributed by atoms with Crippen LogP contribution in [0.2, 0.25) is 0 Å². The van der Waals surface area contributed by atoms with Crippen molar-refractivity contribution in [1.82, 2.24) is 30.2 Å². The van der Waals surface area contributed by atoms with Gasteiger partial charge in [-0.3, -0.25) is 39.0 Å². The summed E-state index contributed by atoms with van der Waals surface area (Å²) < 4.78 is 5.04. The Kier molecular flexibility index (Phi) is 17.5. The fraction of sp³-hybridized carbons (Fsp3) is 0.368. The molecule has 73 heavy (non-hydrogen) atoms. The molecule has 2 saturated heterocycles. The quantitative estimate of drug-likeness (QED) is 0.111. The van der Waals surface area contributed by atoms with Gasteiger partial charge in [0.25, 0.3) is 0 Å². The van der Waals surface area contributed by atoms with E-state index in [0.29, 0.717) is 51.9 Å². The number of fused-ring (bicyclic) bond motifs is 4. The molecule has 4 aliphatic rings. The summed E-state index contributed by atoms with van der Waals surface area (Å²) in [6.07, 6.45) is 12.2. The van der Waals surface area contributed by atoms with Crippen molar-refractivity contribution in [3.8, 4) is 0 Å². The van der Waals surface area contributed by atoms with Crippen molar-refractivity contribution in [3.05, 3.63) is 141 Å². The number of aromatic nitrogens is 4. The molecule has 2 amide bonds. The van der Waals surface area contributed by atoms with E-state index in [0.717, 1.165) is 103 Å². The smallest absolute Gasteiger partial charge is 0.870 e. The summed E-state index contributed by atoms with van der Waals surface area (Å²) in [7, 11) is 1.36. The van der Waals surface area contributed by atoms with Crippen molar-refractivity contribution < 1.29 is 62.9 Å².